The molecule has 0 unspecified atom stereocenters. The summed E-state index contributed by atoms with van der Waals surface area (Å²) < 4.78 is 14.1. The predicted molar refractivity (Wildman–Crippen MR) is 63.8 cm³/mol. The van der Waals surface area contributed by atoms with Crippen LogP contribution in [0.4, 0.5) is 21.7 Å². The molecule has 0 amide bonds. The number of nitrogens with one attached hydrogen (secondary N) is 1. The summed E-state index contributed by atoms with van der Waals surface area (Å²) in [6.45, 7) is 0. The molecule has 6 heteroatoms. The molecule has 0 radical (unpaired) electrons. The average Bonchev–Trinajstić information content (AvgIpc) is 2.25. The maximum Gasteiger partial charge on any atom is 0.149 e. The molecule has 0 fully saturated rings. The smallest absolute Gasteiger partial charge is 0.149 e. The molecule has 0 aliphatic rings. The van der Waals surface area contributed by atoms with E-state index >= 15 is 0 Å². The highest BCUT2D eigenvalue weighted by molar-refractivity contribution is 9.10. The fraction of sp³-hybridized carbons (Fsp3) is 0. The first-order valence-corrected chi connectivity index (χ1v) is 5.24. The van der Waals surface area contributed by atoms with E-state index in [1.165, 1.54) is 18.5 Å². The Bertz CT molecular complexity index is 501. The van der Waals surface area contributed by atoms with Crippen LogP contribution in [0.15, 0.2) is 35.1 Å². The van der Waals surface area contributed by atoms with Crippen molar-refractivity contribution in [3.63, 3.8) is 0 Å². The Hall–Kier alpha value is -1.69. The minimum absolute atomic E-state index is 0.321. The quantitative estimate of drug-likeness (QED) is 0.889. The molecular formula is C10H8BrFN4. The molecule has 3 N–H and O–H groups in total. The molecule has 0 bridgehead atoms. The van der Waals surface area contributed by atoms with Gasteiger partial charge >= 0.3 is 0 Å². The topological polar surface area (TPSA) is 63.8 Å². The first-order chi connectivity index (χ1) is 7.65. The lowest BCUT2D eigenvalue weighted by Crippen LogP contribution is -1.98. The zero-order valence-electron chi connectivity index (χ0n) is 8.11. The minimum Gasteiger partial charge on any atom is -0.382 e. The Balaban J connectivity index is 2.23. The highest BCUT2D eigenvalue weighted by Crippen LogP contribution is 2.21. The van der Waals surface area contributed by atoms with Crippen molar-refractivity contribution in [2.24, 2.45) is 0 Å². The maximum atomic E-state index is 13.5. The van der Waals surface area contributed by atoms with Crippen LogP contribution < -0.4 is 11.1 Å². The SMILES string of the molecule is Nc1cnc(Nc2ccc(Br)cc2F)cn1. The number of hydrogen-bond donors (Lipinski definition) is 2. The lowest BCUT2D eigenvalue weighted by molar-refractivity contribution is 0.631. The Morgan fingerprint density at radius 1 is 1.25 bits per heavy atom. The van der Waals surface area contributed by atoms with Gasteiger partial charge in [-0.1, -0.05) is 15.9 Å². The van der Waals surface area contributed by atoms with Gasteiger partial charge in [0.2, 0.25) is 0 Å². The average molecular weight is 283 g/mol. The molecule has 0 saturated heterocycles. The number of halogens is 2. The third-order valence-electron chi connectivity index (χ3n) is 1.87. The molecule has 0 atom stereocenters. The van der Waals surface area contributed by atoms with Crippen LogP contribution in [0.25, 0.3) is 0 Å². The van der Waals surface area contributed by atoms with Gasteiger partial charge in [-0.15, -0.1) is 0 Å². The summed E-state index contributed by atoms with van der Waals surface area (Å²) >= 11 is 3.18. The van der Waals surface area contributed by atoms with Crippen LogP contribution in [-0.2, 0) is 0 Å². The third-order valence-corrected chi connectivity index (χ3v) is 2.36. The molecule has 0 saturated carbocycles. The number of hydrogen-bond acceptors (Lipinski definition) is 4. The monoisotopic (exact) mass is 282 g/mol. The second kappa shape index (κ2) is 4.44. The van der Waals surface area contributed by atoms with E-state index in [0.717, 1.165) is 0 Å². The summed E-state index contributed by atoms with van der Waals surface area (Å²) in [4.78, 5) is 7.80. The second-order valence-electron chi connectivity index (χ2n) is 3.08. The predicted octanol–water partition coefficient (Wildman–Crippen LogP) is 2.70. The van der Waals surface area contributed by atoms with Gasteiger partial charge in [-0.25, -0.2) is 14.4 Å². The van der Waals surface area contributed by atoms with E-state index in [2.05, 4.69) is 31.2 Å². The van der Waals surface area contributed by atoms with Gasteiger partial charge in [-0.2, -0.15) is 0 Å². The van der Waals surface area contributed by atoms with Crippen molar-refractivity contribution in [1.82, 2.24) is 9.97 Å². The summed E-state index contributed by atoms with van der Waals surface area (Å²) in [5.41, 5.74) is 5.72. The largest absolute Gasteiger partial charge is 0.382 e. The van der Waals surface area contributed by atoms with Crippen molar-refractivity contribution in [3.05, 3.63) is 40.9 Å². The van der Waals surface area contributed by atoms with Gasteiger partial charge in [0, 0.05) is 4.47 Å². The molecule has 16 heavy (non-hydrogen) atoms. The molecule has 82 valence electrons. The number of rotatable bonds is 2. The number of anilines is 3. The van der Waals surface area contributed by atoms with E-state index in [1.807, 2.05) is 0 Å². The molecule has 0 spiro atoms. The van der Waals surface area contributed by atoms with Gasteiger partial charge in [-0.3, -0.25) is 0 Å². The summed E-state index contributed by atoms with van der Waals surface area (Å²) in [6, 6.07) is 4.71. The molecule has 1 aromatic carbocycles. The van der Waals surface area contributed by atoms with E-state index in [9.17, 15) is 4.39 Å². The van der Waals surface area contributed by atoms with Gasteiger partial charge in [0.05, 0.1) is 18.1 Å². The van der Waals surface area contributed by atoms with Crippen molar-refractivity contribution >= 4 is 33.3 Å². The highest BCUT2D eigenvalue weighted by Gasteiger charge is 2.03. The zero-order valence-corrected chi connectivity index (χ0v) is 9.70. The summed E-state index contributed by atoms with van der Waals surface area (Å²) in [5, 5.41) is 2.80. The van der Waals surface area contributed by atoms with Gasteiger partial charge in [-0.05, 0) is 18.2 Å². The Labute approximate surface area is 99.9 Å². The fourth-order valence-corrected chi connectivity index (χ4v) is 1.46. The number of aromatic nitrogens is 2. The van der Waals surface area contributed by atoms with Crippen LogP contribution in [0, 0.1) is 5.82 Å². The van der Waals surface area contributed by atoms with Crippen LogP contribution >= 0.6 is 15.9 Å². The van der Waals surface area contributed by atoms with Crippen LogP contribution in [0.3, 0.4) is 0 Å². The Morgan fingerprint density at radius 2 is 2.06 bits per heavy atom. The molecule has 2 rings (SSSR count). The van der Waals surface area contributed by atoms with Crippen molar-refractivity contribution in [2.45, 2.75) is 0 Å². The molecule has 0 aliphatic carbocycles. The molecule has 1 heterocycles. The van der Waals surface area contributed by atoms with Gasteiger partial charge in [0.1, 0.15) is 17.5 Å². The van der Waals surface area contributed by atoms with E-state index in [0.29, 0.717) is 21.8 Å². The maximum absolute atomic E-state index is 13.5. The van der Waals surface area contributed by atoms with E-state index < -0.39 is 0 Å². The molecule has 2 aromatic rings. The van der Waals surface area contributed by atoms with Crippen LogP contribution in [-0.4, -0.2) is 9.97 Å². The lowest BCUT2D eigenvalue weighted by atomic mass is 10.3. The van der Waals surface area contributed by atoms with Crippen molar-refractivity contribution < 1.29 is 4.39 Å². The van der Waals surface area contributed by atoms with Crippen molar-refractivity contribution in [1.29, 1.82) is 0 Å². The van der Waals surface area contributed by atoms with E-state index in [1.54, 1.807) is 12.1 Å². The number of nitrogens with zero attached hydrogens (tertiary/aromatic N) is 2. The van der Waals surface area contributed by atoms with Crippen LogP contribution in [0.1, 0.15) is 0 Å². The normalized spacial score (nSPS) is 10.1. The van der Waals surface area contributed by atoms with Crippen LogP contribution in [0.5, 0.6) is 0 Å². The number of nitrogen functional groups attached to an aromatic ring is 1. The molecule has 0 aliphatic heterocycles. The summed E-state index contributed by atoms with van der Waals surface area (Å²) in [5.74, 6) is 0.394. The highest BCUT2D eigenvalue weighted by atomic mass is 79.9. The Morgan fingerprint density at radius 3 is 2.69 bits per heavy atom. The standard InChI is InChI=1S/C10H8BrFN4/c11-6-1-2-8(7(12)3-6)16-10-5-14-9(13)4-15-10/h1-5H,(H2,13,14)(H,15,16). The van der Waals surface area contributed by atoms with Crippen LogP contribution in [0.2, 0.25) is 0 Å². The third kappa shape index (κ3) is 2.46. The minimum atomic E-state index is -0.368. The lowest BCUT2D eigenvalue weighted by Gasteiger charge is -2.06. The molecule has 1 aromatic heterocycles. The first kappa shape index (κ1) is 10.8. The summed E-state index contributed by atoms with van der Waals surface area (Å²) in [6.07, 6.45) is 2.84. The zero-order chi connectivity index (χ0) is 11.5. The van der Waals surface area contributed by atoms with Gasteiger partial charge in [0.15, 0.2) is 0 Å². The Kier molecular flexibility index (Phi) is 3.00. The van der Waals surface area contributed by atoms with E-state index in [4.69, 9.17) is 5.73 Å². The van der Waals surface area contributed by atoms with Crippen molar-refractivity contribution in [2.75, 3.05) is 11.1 Å². The number of nitrogens with two attached hydrogens (primary N) is 1. The van der Waals surface area contributed by atoms with Gasteiger partial charge < -0.3 is 11.1 Å². The van der Waals surface area contributed by atoms with Gasteiger partial charge in [0.25, 0.3) is 0 Å². The van der Waals surface area contributed by atoms with E-state index in [-0.39, 0.29) is 5.82 Å². The fourth-order valence-electron chi connectivity index (χ4n) is 1.13. The first-order valence-electron chi connectivity index (χ1n) is 4.45. The molecular weight excluding hydrogens is 275 g/mol. The second-order valence-corrected chi connectivity index (χ2v) is 3.99. The van der Waals surface area contributed by atoms with Crippen molar-refractivity contribution in [3.8, 4) is 0 Å². The molecule has 4 nitrogen and oxygen atoms in total. The number of benzene rings is 1. The summed E-state index contributed by atoms with van der Waals surface area (Å²) in [7, 11) is 0.